The van der Waals surface area contributed by atoms with Crippen molar-refractivity contribution < 1.29 is 4.74 Å². The van der Waals surface area contributed by atoms with Crippen LogP contribution in [0, 0.1) is 6.92 Å². The molecule has 1 N–H and O–H groups in total. The van der Waals surface area contributed by atoms with E-state index in [1.165, 1.54) is 6.42 Å². The van der Waals surface area contributed by atoms with Gasteiger partial charge in [0.05, 0.1) is 13.2 Å². The van der Waals surface area contributed by atoms with Gasteiger partial charge in [0, 0.05) is 11.4 Å². The molecule has 1 aliphatic heterocycles. The van der Waals surface area contributed by atoms with Gasteiger partial charge in [0.25, 0.3) is 0 Å². The normalized spacial score (nSPS) is 19.3. The van der Waals surface area contributed by atoms with Gasteiger partial charge in [0.1, 0.15) is 5.75 Å². The number of ether oxygens (including phenoxy) is 1. The molecule has 3 nitrogen and oxygen atoms in total. The lowest BCUT2D eigenvalue weighted by Crippen LogP contribution is -2.19. The molecule has 1 aromatic rings. The Labute approximate surface area is 113 Å². The zero-order chi connectivity index (χ0) is 13.0. The van der Waals surface area contributed by atoms with E-state index in [-0.39, 0.29) is 0 Å². The van der Waals surface area contributed by atoms with Gasteiger partial charge in [-0.1, -0.05) is 18.7 Å². The number of amidine groups is 1. The summed E-state index contributed by atoms with van der Waals surface area (Å²) in [4.78, 5) is 4.71. The Kier molecular flexibility index (Phi) is 4.53. The SMILES string of the molecule is CCC1CCSC(Nc2ccc(OC)c(C)c2)=N1. The molecule has 0 aliphatic carbocycles. The van der Waals surface area contributed by atoms with Crippen molar-refractivity contribution >= 4 is 22.6 Å². The summed E-state index contributed by atoms with van der Waals surface area (Å²) in [5.74, 6) is 2.07. The van der Waals surface area contributed by atoms with Crippen molar-refractivity contribution in [3.63, 3.8) is 0 Å². The topological polar surface area (TPSA) is 33.6 Å². The predicted octanol–water partition coefficient (Wildman–Crippen LogP) is 3.69. The smallest absolute Gasteiger partial charge is 0.161 e. The maximum Gasteiger partial charge on any atom is 0.161 e. The van der Waals surface area contributed by atoms with Crippen molar-refractivity contribution in [1.82, 2.24) is 0 Å². The van der Waals surface area contributed by atoms with Crippen molar-refractivity contribution in [2.24, 2.45) is 4.99 Å². The van der Waals surface area contributed by atoms with E-state index in [4.69, 9.17) is 9.73 Å². The second-order valence-electron chi connectivity index (χ2n) is 4.44. The predicted molar refractivity (Wildman–Crippen MR) is 79.9 cm³/mol. The molecule has 18 heavy (non-hydrogen) atoms. The number of aliphatic imine (C=N–C) groups is 1. The number of aryl methyl sites for hydroxylation is 1. The number of benzene rings is 1. The van der Waals surface area contributed by atoms with Gasteiger partial charge in [-0.2, -0.15) is 0 Å². The first-order valence-electron chi connectivity index (χ1n) is 6.35. The minimum atomic E-state index is 0.480. The largest absolute Gasteiger partial charge is 0.496 e. The fraction of sp³-hybridized carbons (Fsp3) is 0.500. The molecule has 1 aliphatic rings. The average molecular weight is 264 g/mol. The van der Waals surface area contributed by atoms with E-state index in [9.17, 15) is 0 Å². The molecular formula is C14H20N2OS. The van der Waals surface area contributed by atoms with Crippen LogP contribution in [0.2, 0.25) is 0 Å². The summed E-state index contributed by atoms with van der Waals surface area (Å²) in [7, 11) is 1.70. The standard InChI is InChI=1S/C14H20N2OS/c1-4-11-7-8-18-14(15-11)16-12-5-6-13(17-3)10(2)9-12/h5-6,9,11H,4,7-8H2,1-3H3,(H,15,16). The molecule has 4 heteroatoms. The number of anilines is 1. The van der Waals surface area contributed by atoms with Gasteiger partial charge >= 0.3 is 0 Å². The molecule has 1 aromatic carbocycles. The Hall–Kier alpha value is -1.16. The average Bonchev–Trinajstić information content (AvgIpc) is 2.39. The highest BCUT2D eigenvalue weighted by Crippen LogP contribution is 2.24. The van der Waals surface area contributed by atoms with Gasteiger partial charge in [-0.15, -0.1) is 0 Å². The van der Waals surface area contributed by atoms with E-state index < -0.39 is 0 Å². The van der Waals surface area contributed by atoms with E-state index in [1.807, 2.05) is 12.1 Å². The number of nitrogens with one attached hydrogen (secondary N) is 1. The van der Waals surface area contributed by atoms with E-state index >= 15 is 0 Å². The molecule has 0 fully saturated rings. The number of nitrogens with zero attached hydrogens (tertiary/aromatic N) is 1. The zero-order valence-electron chi connectivity index (χ0n) is 11.2. The van der Waals surface area contributed by atoms with Gasteiger partial charge in [0.15, 0.2) is 5.17 Å². The lowest BCUT2D eigenvalue weighted by atomic mass is 10.2. The molecule has 0 amide bonds. The van der Waals surface area contributed by atoms with Crippen LogP contribution in [0.15, 0.2) is 23.2 Å². The van der Waals surface area contributed by atoms with Crippen LogP contribution in [0.1, 0.15) is 25.3 Å². The Bertz CT molecular complexity index is 445. The van der Waals surface area contributed by atoms with E-state index in [2.05, 4.69) is 25.2 Å². The number of rotatable bonds is 3. The van der Waals surface area contributed by atoms with Crippen molar-refractivity contribution in [3.8, 4) is 5.75 Å². The summed E-state index contributed by atoms with van der Waals surface area (Å²) in [5, 5.41) is 4.43. The maximum absolute atomic E-state index is 5.26. The van der Waals surface area contributed by atoms with Crippen LogP contribution in [-0.4, -0.2) is 24.1 Å². The molecule has 0 aromatic heterocycles. The van der Waals surface area contributed by atoms with Gasteiger partial charge < -0.3 is 10.1 Å². The molecule has 1 atom stereocenters. The van der Waals surface area contributed by atoms with Gasteiger partial charge in [-0.3, -0.25) is 4.99 Å². The highest BCUT2D eigenvalue weighted by Gasteiger charge is 2.14. The van der Waals surface area contributed by atoms with Crippen LogP contribution >= 0.6 is 11.8 Å². The first-order chi connectivity index (χ1) is 8.72. The minimum Gasteiger partial charge on any atom is -0.496 e. The fourth-order valence-corrected chi connectivity index (χ4v) is 3.00. The highest BCUT2D eigenvalue weighted by molar-refractivity contribution is 8.14. The lowest BCUT2D eigenvalue weighted by Gasteiger charge is -2.19. The summed E-state index contributed by atoms with van der Waals surface area (Å²) in [6.45, 7) is 4.24. The van der Waals surface area contributed by atoms with Crippen molar-refractivity contribution in [2.75, 3.05) is 18.2 Å². The van der Waals surface area contributed by atoms with Crippen molar-refractivity contribution in [3.05, 3.63) is 23.8 Å². The van der Waals surface area contributed by atoms with Crippen LogP contribution in [0.25, 0.3) is 0 Å². The van der Waals surface area contributed by atoms with Crippen LogP contribution in [0.5, 0.6) is 5.75 Å². The van der Waals surface area contributed by atoms with Crippen LogP contribution in [-0.2, 0) is 0 Å². The molecule has 0 radical (unpaired) electrons. The Morgan fingerprint density at radius 2 is 2.33 bits per heavy atom. The number of methoxy groups -OCH3 is 1. The maximum atomic E-state index is 5.26. The highest BCUT2D eigenvalue weighted by atomic mass is 32.2. The minimum absolute atomic E-state index is 0.480. The van der Waals surface area contributed by atoms with Crippen molar-refractivity contribution in [1.29, 1.82) is 0 Å². The second kappa shape index (κ2) is 6.14. The molecule has 0 saturated carbocycles. The summed E-state index contributed by atoms with van der Waals surface area (Å²) in [6, 6.07) is 6.60. The van der Waals surface area contributed by atoms with Crippen LogP contribution in [0.3, 0.4) is 0 Å². The Morgan fingerprint density at radius 1 is 1.50 bits per heavy atom. The zero-order valence-corrected chi connectivity index (χ0v) is 12.0. The first kappa shape index (κ1) is 13.3. The third-order valence-corrected chi connectivity index (χ3v) is 4.03. The number of hydrogen-bond acceptors (Lipinski definition) is 4. The van der Waals surface area contributed by atoms with E-state index in [0.29, 0.717) is 6.04 Å². The molecule has 98 valence electrons. The summed E-state index contributed by atoms with van der Waals surface area (Å²) >= 11 is 1.80. The van der Waals surface area contributed by atoms with E-state index in [0.717, 1.165) is 34.3 Å². The molecule has 0 spiro atoms. The molecule has 0 bridgehead atoms. The molecule has 2 rings (SSSR count). The van der Waals surface area contributed by atoms with E-state index in [1.54, 1.807) is 18.9 Å². The molecular weight excluding hydrogens is 244 g/mol. The number of thioether (sulfide) groups is 1. The summed E-state index contributed by atoms with van der Waals surface area (Å²) in [6.07, 6.45) is 2.31. The molecule has 1 heterocycles. The molecule has 0 saturated heterocycles. The summed E-state index contributed by atoms with van der Waals surface area (Å²) in [5.41, 5.74) is 2.22. The Balaban J connectivity index is 2.09. The van der Waals surface area contributed by atoms with Gasteiger partial charge in [-0.05, 0) is 43.5 Å². The molecule has 1 unspecified atom stereocenters. The van der Waals surface area contributed by atoms with Crippen molar-refractivity contribution in [2.45, 2.75) is 32.7 Å². The first-order valence-corrected chi connectivity index (χ1v) is 7.33. The third-order valence-electron chi connectivity index (χ3n) is 3.11. The Morgan fingerprint density at radius 3 is 3.00 bits per heavy atom. The summed E-state index contributed by atoms with van der Waals surface area (Å²) < 4.78 is 5.26. The van der Waals surface area contributed by atoms with Crippen LogP contribution in [0.4, 0.5) is 5.69 Å². The fourth-order valence-electron chi connectivity index (χ4n) is 2.00. The van der Waals surface area contributed by atoms with Gasteiger partial charge in [0.2, 0.25) is 0 Å². The third kappa shape index (κ3) is 3.19. The lowest BCUT2D eigenvalue weighted by molar-refractivity contribution is 0.412. The second-order valence-corrected chi connectivity index (χ2v) is 5.53. The number of hydrogen-bond donors (Lipinski definition) is 1. The quantitative estimate of drug-likeness (QED) is 0.904. The monoisotopic (exact) mass is 264 g/mol. The van der Waals surface area contributed by atoms with Gasteiger partial charge in [-0.25, -0.2) is 0 Å². The van der Waals surface area contributed by atoms with Crippen LogP contribution < -0.4 is 10.1 Å².